The monoisotopic (exact) mass is 611 g/mol. The van der Waals surface area contributed by atoms with Crippen molar-refractivity contribution >= 4 is 11.8 Å². The number of carbonyl (C=O) groups excluding carboxylic acids is 2. The molecule has 3 fully saturated rings. The number of alkyl halides is 3. The fourth-order valence-corrected chi connectivity index (χ4v) is 7.05. The molecule has 4 heterocycles. The number of likely N-dealkylation sites (tertiary alicyclic amines) is 2. The molecular formula is C32H33F4N5O3. The van der Waals surface area contributed by atoms with Crippen molar-refractivity contribution in [1.82, 2.24) is 25.1 Å². The van der Waals surface area contributed by atoms with Crippen molar-refractivity contribution in [3.8, 4) is 11.3 Å². The zero-order valence-corrected chi connectivity index (χ0v) is 23.9. The lowest BCUT2D eigenvalue weighted by atomic mass is 9.79. The first-order valence-electron chi connectivity index (χ1n) is 14.8. The number of amides is 2. The van der Waals surface area contributed by atoms with Gasteiger partial charge in [-0.25, -0.2) is 4.39 Å². The SMILES string of the molecule is O=C(NCC(=O)N1CC[C@@H]2[C@H]1CCN2C1CCC(O)(c2ccc(-c3ncccc3F)cn2)CC1)c1cccc(C(F)(F)F)c1. The molecule has 6 rings (SSSR count). The Labute approximate surface area is 252 Å². The Morgan fingerprint density at radius 2 is 1.75 bits per heavy atom. The number of hydrogen-bond acceptors (Lipinski definition) is 6. The van der Waals surface area contributed by atoms with Gasteiger partial charge in [-0.15, -0.1) is 0 Å². The third-order valence-electron chi connectivity index (χ3n) is 9.32. The molecule has 2 amide bonds. The Hall–Kier alpha value is -3.90. The second-order valence-electron chi connectivity index (χ2n) is 11.8. The van der Waals surface area contributed by atoms with Crippen molar-refractivity contribution in [3.63, 3.8) is 0 Å². The van der Waals surface area contributed by atoms with Crippen LogP contribution in [0.25, 0.3) is 11.3 Å². The second kappa shape index (κ2) is 11.9. The normalized spacial score (nSPS) is 25.6. The van der Waals surface area contributed by atoms with Crippen LogP contribution in [0.1, 0.15) is 60.1 Å². The fourth-order valence-electron chi connectivity index (χ4n) is 7.05. The van der Waals surface area contributed by atoms with E-state index in [1.165, 1.54) is 30.5 Å². The summed E-state index contributed by atoms with van der Waals surface area (Å²) in [5, 5.41) is 13.9. The van der Waals surface area contributed by atoms with Gasteiger partial charge in [0.15, 0.2) is 0 Å². The van der Waals surface area contributed by atoms with Crippen LogP contribution in [0.4, 0.5) is 17.6 Å². The number of pyridine rings is 2. The number of fused-ring (bicyclic) bond motifs is 1. The van der Waals surface area contributed by atoms with Gasteiger partial charge in [-0.3, -0.25) is 24.5 Å². The number of benzene rings is 1. The molecular weight excluding hydrogens is 578 g/mol. The fraction of sp³-hybridized carbons (Fsp3) is 0.438. The molecule has 2 aromatic heterocycles. The van der Waals surface area contributed by atoms with E-state index in [0.29, 0.717) is 30.6 Å². The van der Waals surface area contributed by atoms with E-state index in [1.54, 1.807) is 23.2 Å². The van der Waals surface area contributed by atoms with Gasteiger partial charge in [-0.05, 0) is 81.0 Å². The van der Waals surface area contributed by atoms with Gasteiger partial charge in [-0.2, -0.15) is 13.2 Å². The van der Waals surface area contributed by atoms with Crippen LogP contribution in [-0.4, -0.2) is 74.4 Å². The highest BCUT2D eigenvalue weighted by molar-refractivity contribution is 5.96. The molecule has 3 aliphatic rings. The highest BCUT2D eigenvalue weighted by atomic mass is 19.4. The van der Waals surface area contributed by atoms with Gasteiger partial charge in [0.1, 0.15) is 17.1 Å². The van der Waals surface area contributed by atoms with Crippen LogP contribution < -0.4 is 5.32 Å². The molecule has 2 atom stereocenters. The number of rotatable bonds is 6. The minimum Gasteiger partial charge on any atom is -0.384 e. The van der Waals surface area contributed by atoms with E-state index in [-0.39, 0.29) is 41.8 Å². The number of nitrogens with one attached hydrogen (secondary N) is 1. The summed E-state index contributed by atoms with van der Waals surface area (Å²) in [6.45, 7) is 1.09. The van der Waals surface area contributed by atoms with Crippen molar-refractivity contribution in [2.75, 3.05) is 19.6 Å². The summed E-state index contributed by atoms with van der Waals surface area (Å²) in [5.41, 5.74) is -0.829. The first-order valence-corrected chi connectivity index (χ1v) is 14.8. The van der Waals surface area contributed by atoms with Crippen LogP contribution in [0.3, 0.4) is 0 Å². The van der Waals surface area contributed by atoms with Crippen molar-refractivity contribution in [1.29, 1.82) is 0 Å². The summed E-state index contributed by atoms with van der Waals surface area (Å²) in [6, 6.07) is 10.9. The minimum absolute atomic E-state index is 0.00923. The van der Waals surface area contributed by atoms with Gasteiger partial charge < -0.3 is 15.3 Å². The zero-order chi connectivity index (χ0) is 31.1. The lowest BCUT2D eigenvalue weighted by Gasteiger charge is -2.41. The molecule has 2 N–H and O–H groups in total. The van der Waals surface area contributed by atoms with Crippen LogP contribution in [-0.2, 0) is 16.6 Å². The van der Waals surface area contributed by atoms with E-state index in [0.717, 1.165) is 44.4 Å². The van der Waals surface area contributed by atoms with Gasteiger partial charge in [0.05, 0.1) is 17.8 Å². The van der Waals surface area contributed by atoms with E-state index >= 15 is 0 Å². The predicted molar refractivity (Wildman–Crippen MR) is 153 cm³/mol. The Bertz CT molecular complexity index is 1520. The number of aliphatic hydroxyl groups is 1. The van der Waals surface area contributed by atoms with Crippen LogP contribution in [0.15, 0.2) is 60.9 Å². The Morgan fingerprint density at radius 1 is 0.977 bits per heavy atom. The summed E-state index contributed by atoms with van der Waals surface area (Å²) < 4.78 is 53.2. The summed E-state index contributed by atoms with van der Waals surface area (Å²) >= 11 is 0. The molecule has 1 saturated carbocycles. The zero-order valence-electron chi connectivity index (χ0n) is 23.9. The molecule has 0 spiro atoms. The standard InChI is InChI=1S/C32H33F4N5O3/c33-24-5-2-14-37-29(24)21-6-7-27(38-18-21)31(44)12-8-23(9-13-31)40-15-10-26-25(40)11-16-41(26)28(42)19-39-30(43)20-3-1-4-22(17-20)32(34,35)36/h1-7,14,17-18,23,25-26,44H,8-13,15-16,19H2,(H,39,43)/t23?,25-,26-,31?/m1/s1. The molecule has 232 valence electrons. The van der Waals surface area contributed by atoms with Crippen LogP contribution >= 0.6 is 0 Å². The van der Waals surface area contributed by atoms with Crippen molar-refractivity contribution in [2.45, 2.75) is 68.4 Å². The molecule has 1 aromatic carbocycles. The van der Waals surface area contributed by atoms with Crippen LogP contribution in [0.5, 0.6) is 0 Å². The highest BCUT2D eigenvalue weighted by Gasteiger charge is 2.48. The third-order valence-corrected chi connectivity index (χ3v) is 9.32. The number of carbonyl (C=O) groups is 2. The molecule has 2 saturated heterocycles. The molecule has 8 nitrogen and oxygen atoms in total. The average molecular weight is 612 g/mol. The largest absolute Gasteiger partial charge is 0.416 e. The van der Waals surface area contributed by atoms with E-state index < -0.39 is 29.1 Å². The molecule has 0 unspecified atom stereocenters. The van der Waals surface area contributed by atoms with Crippen LogP contribution in [0, 0.1) is 5.82 Å². The Kier molecular flexibility index (Phi) is 8.14. The van der Waals surface area contributed by atoms with Crippen molar-refractivity contribution < 1.29 is 32.3 Å². The van der Waals surface area contributed by atoms with Crippen molar-refractivity contribution in [2.24, 2.45) is 0 Å². The van der Waals surface area contributed by atoms with Crippen molar-refractivity contribution in [3.05, 3.63) is 83.6 Å². The molecule has 1 aliphatic carbocycles. The maximum absolute atomic E-state index is 14.1. The first kappa shape index (κ1) is 30.1. The second-order valence-corrected chi connectivity index (χ2v) is 11.8. The molecule has 2 aliphatic heterocycles. The van der Waals surface area contributed by atoms with E-state index in [2.05, 4.69) is 20.2 Å². The molecule has 12 heteroatoms. The van der Waals surface area contributed by atoms with E-state index in [1.807, 2.05) is 0 Å². The summed E-state index contributed by atoms with van der Waals surface area (Å²) in [7, 11) is 0. The van der Waals surface area contributed by atoms with E-state index in [9.17, 15) is 32.3 Å². The molecule has 44 heavy (non-hydrogen) atoms. The quantitative estimate of drug-likeness (QED) is 0.398. The first-order chi connectivity index (χ1) is 21.0. The van der Waals surface area contributed by atoms with Crippen LogP contribution in [0.2, 0.25) is 0 Å². The maximum Gasteiger partial charge on any atom is 0.416 e. The Morgan fingerprint density at radius 3 is 2.45 bits per heavy atom. The topological polar surface area (TPSA) is 98.7 Å². The molecule has 3 aromatic rings. The third kappa shape index (κ3) is 5.92. The van der Waals surface area contributed by atoms with Gasteiger partial charge in [0.2, 0.25) is 5.91 Å². The van der Waals surface area contributed by atoms with Gasteiger partial charge in [0, 0.05) is 54.7 Å². The molecule has 0 radical (unpaired) electrons. The summed E-state index contributed by atoms with van der Waals surface area (Å²) in [6.07, 6.45) is 2.68. The smallest absolute Gasteiger partial charge is 0.384 e. The minimum atomic E-state index is -4.56. The number of halogens is 4. The predicted octanol–water partition coefficient (Wildman–Crippen LogP) is 4.54. The summed E-state index contributed by atoms with van der Waals surface area (Å²) in [4.78, 5) is 38.3. The number of aromatic nitrogens is 2. The lowest BCUT2D eigenvalue weighted by molar-refractivity contribution is -0.137. The van der Waals surface area contributed by atoms with Gasteiger partial charge >= 0.3 is 6.18 Å². The summed E-state index contributed by atoms with van der Waals surface area (Å²) in [5.74, 6) is -1.41. The Balaban J connectivity index is 1.02. The highest BCUT2D eigenvalue weighted by Crippen LogP contribution is 2.42. The van der Waals surface area contributed by atoms with Gasteiger partial charge in [-0.1, -0.05) is 6.07 Å². The number of nitrogens with zero attached hydrogens (tertiary/aromatic N) is 4. The molecule has 0 bridgehead atoms. The van der Waals surface area contributed by atoms with E-state index in [4.69, 9.17) is 0 Å². The maximum atomic E-state index is 14.1. The van der Waals surface area contributed by atoms with Gasteiger partial charge in [0.25, 0.3) is 5.91 Å². The number of hydrogen-bond donors (Lipinski definition) is 2. The lowest BCUT2D eigenvalue weighted by Crippen LogP contribution is -2.47. The average Bonchev–Trinajstić information content (AvgIpc) is 3.63.